The zero-order valence-electron chi connectivity index (χ0n) is 11.7. The summed E-state index contributed by atoms with van der Waals surface area (Å²) in [4.78, 5) is 7.03. The van der Waals surface area contributed by atoms with Crippen molar-refractivity contribution in [2.75, 3.05) is 38.3 Å². The summed E-state index contributed by atoms with van der Waals surface area (Å²) in [7, 11) is 1.72. The zero-order chi connectivity index (χ0) is 13.2. The Hall–Kier alpha value is -0.650. The summed E-state index contributed by atoms with van der Waals surface area (Å²) in [5.41, 5.74) is 1.13. The first-order valence-electron chi connectivity index (χ1n) is 6.70. The van der Waals surface area contributed by atoms with Gasteiger partial charge in [-0.2, -0.15) is 0 Å². The summed E-state index contributed by atoms with van der Waals surface area (Å²) < 4.78 is 5.00. The van der Waals surface area contributed by atoms with E-state index in [4.69, 9.17) is 4.74 Å². The minimum atomic E-state index is 0.745. The first-order valence-corrected chi connectivity index (χ1v) is 7.58. The van der Waals surface area contributed by atoms with Gasteiger partial charge >= 0.3 is 0 Å². The Morgan fingerprint density at radius 2 is 2.28 bits per heavy atom. The summed E-state index contributed by atoms with van der Waals surface area (Å²) in [6.07, 6.45) is 2.46. The van der Waals surface area contributed by atoms with Crippen LogP contribution in [0.2, 0.25) is 0 Å². The molecule has 0 aliphatic carbocycles. The van der Waals surface area contributed by atoms with Crippen molar-refractivity contribution in [1.29, 1.82) is 0 Å². The third-order valence-corrected chi connectivity index (χ3v) is 3.71. The average molecular weight is 271 g/mol. The summed E-state index contributed by atoms with van der Waals surface area (Å²) in [5, 5.41) is 6.61. The van der Waals surface area contributed by atoms with E-state index in [0.29, 0.717) is 0 Å². The molecule has 0 aliphatic rings. The predicted molar refractivity (Wildman–Crippen MR) is 78.5 cm³/mol. The van der Waals surface area contributed by atoms with Crippen LogP contribution >= 0.6 is 11.3 Å². The van der Waals surface area contributed by atoms with E-state index in [1.54, 1.807) is 18.4 Å². The second-order valence-corrected chi connectivity index (χ2v) is 5.06. The fraction of sp³-hybridized carbons (Fsp3) is 0.769. The van der Waals surface area contributed by atoms with Gasteiger partial charge in [-0.05, 0) is 13.3 Å². The standard InChI is InChI=1S/C13H25N3OS/c1-4-6-8-16(5-2)13-15-12(11-18-13)10-14-7-9-17-3/h11,14H,4-10H2,1-3H3. The fourth-order valence-corrected chi connectivity index (χ4v) is 2.57. The van der Waals surface area contributed by atoms with Crippen LogP contribution in [0, 0.1) is 0 Å². The van der Waals surface area contributed by atoms with Crippen LogP contribution in [0.1, 0.15) is 32.4 Å². The van der Waals surface area contributed by atoms with Crippen molar-refractivity contribution in [2.45, 2.75) is 33.2 Å². The fourth-order valence-electron chi connectivity index (χ4n) is 1.65. The van der Waals surface area contributed by atoms with Gasteiger partial charge in [0, 0.05) is 38.7 Å². The Morgan fingerprint density at radius 1 is 1.44 bits per heavy atom. The molecule has 1 aromatic heterocycles. The number of nitrogens with one attached hydrogen (secondary N) is 1. The molecule has 1 N–H and O–H groups in total. The minimum Gasteiger partial charge on any atom is -0.383 e. The molecule has 0 bridgehead atoms. The molecule has 0 amide bonds. The third kappa shape index (κ3) is 5.33. The van der Waals surface area contributed by atoms with Crippen LogP contribution in [0.15, 0.2) is 5.38 Å². The van der Waals surface area contributed by atoms with Crippen LogP contribution in [0.4, 0.5) is 5.13 Å². The minimum absolute atomic E-state index is 0.745. The number of aromatic nitrogens is 1. The zero-order valence-corrected chi connectivity index (χ0v) is 12.6. The molecule has 0 fully saturated rings. The lowest BCUT2D eigenvalue weighted by atomic mass is 10.3. The van der Waals surface area contributed by atoms with Crippen LogP contribution in [0.3, 0.4) is 0 Å². The molecule has 1 aromatic rings. The molecular formula is C13H25N3OS. The lowest BCUT2D eigenvalue weighted by molar-refractivity contribution is 0.199. The molecule has 5 heteroatoms. The molecule has 18 heavy (non-hydrogen) atoms. The topological polar surface area (TPSA) is 37.4 Å². The van der Waals surface area contributed by atoms with Gasteiger partial charge < -0.3 is 15.0 Å². The highest BCUT2D eigenvalue weighted by Crippen LogP contribution is 2.20. The predicted octanol–water partition coefficient (Wildman–Crippen LogP) is 2.51. The van der Waals surface area contributed by atoms with E-state index in [9.17, 15) is 0 Å². The van der Waals surface area contributed by atoms with E-state index in [-0.39, 0.29) is 0 Å². The highest BCUT2D eigenvalue weighted by Gasteiger charge is 2.08. The van der Waals surface area contributed by atoms with E-state index in [0.717, 1.165) is 43.6 Å². The van der Waals surface area contributed by atoms with Crippen LogP contribution in [-0.2, 0) is 11.3 Å². The van der Waals surface area contributed by atoms with E-state index in [1.807, 2.05) is 0 Å². The van der Waals surface area contributed by atoms with Crippen LogP contribution < -0.4 is 10.2 Å². The number of anilines is 1. The summed E-state index contributed by atoms with van der Waals surface area (Å²) in [6, 6.07) is 0. The normalized spacial score (nSPS) is 10.8. The van der Waals surface area contributed by atoms with Crippen molar-refractivity contribution in [3.05, 3.63) is 11.1 Å². The highest BCUT2D eigenvalue weighted by molar-refractivity contribution is 7.13. The first kappa shape index (κ1) is 15.4. The number of ether oxygens (including phenoxy) is 1. The summed E-state index contributed by atoms with van der Waals surface area (Å²) in [6.45, 7) is 8.99. The molecule has 0 spiro atoms. The van der Waals surface area contributed by atoms with Crippen molar-refractivity contribution in [2.24, 2.45) is 0 Å². The summed E-state index contributed by atoms with van der Waals surface area (Å²) in [5.74, 6) is 0. The molecule has 0 saturated carbocycles. The molecule has 1 rings (SSSR count). The molecule has 0 radical (unpaired) electrons. The Labute approximate surface area is 114 Å². The van der Waals surface area contributed by atoms with E-state index < -0.39 is 0 Å². The Balaban J connectivity index is 2.40. The number of rotatable bonds is 10. The number of hydrogen-bond acceptors (Lipinski definition) is 5. The van der Waals surface area contributed by atoms with Crippen molar-refractivity contribution in [1.82, 2.24) is 10.3 Å². The smallest absolute Gasteiger partial charge is 0.185 e. The molecule has 0 atom stereocenters. The SMILES string of the molecule is CCCCN(CC)c1nc(CNCCOC)cs1. The first-order chi connectivity index (χ1) is 8.81. The van der Waals surface area contributed by atoms with Gasteiger partial charge in [-0.25, -0.2) is 4.98 Å². The molecule has 104 valence electrons. The van der Waals surface area contributed by atoms with Gasteiger partial charge in [0.1, 0.15) is 0 Å². The van der Waals surface area contributed by atoms with Gasteiger partial charge in [0.25, 0.3) is 0 Å². The monoisotopic (exact) mass is 271 g/mol. The molecule has 1 heterocycles. The quantitative estimate of drug-likeness (QED) is 0.664. The van der Waals surface area contributed by atoms with Gasteiger partial charge in [0.05, 0.1) is 12.3 Å². The maximum atomic E-state index is 5.00. The van der Waals surface area contributed by atoms with Gasteiger partial charge in [-0.3, -0.25) is 0 Å². The molecule has 0 aromatic carbocycles. The van der Waals surface area contributed by atoms with Crippen molar-refractivity contribution >= 4 is 16.5 Å². The molecular weight excluding hydrogens is 246 g/mol. The van der Waals surface area contributed by atoms with E-state index >= 15 is 0 Å². The van der Waals surface area contributed by atoms with Crippen LogP contribution in [-0.4, -0.2) is 38.3 Å². The van der Waals surface area contributed by atoms with Crippen molar-refractivity contribution < 1.29 is 4.74 Å². The Bertz CT molecular complexity index is 317. The highest BCUT2D eigenvalue weighted by atomic mass is 32.1. The van der Waals surface area contributed by atoms with Crippen molar-refractivity contribution in [3.63, 3.8) is 0 Å². The Morgan fingerprint density at radius 3 is 2.94 bits per heavy atom. The van der Waals surface area contributed by atoms with E-state index in [1.165, 1.54) is 12.8 Å². The maximum absolute atomic E-state index is 5.00. The number of thiazole rings is 1. The average Bonchev–Trinajstić information content (AvgIpc) is 2.84. The Kier molecular flexibility index (Phi) is 7.96. The summed E-state index contributed by atoms with van der Waals surface area (Å²) >= 11 is 1.74. The second kappa shape index (κ2) is 9.30. The number of unbranched alkanes of at least 4 members (excludes halogenated alkanes) is 1. The van der Waals surface area contributed by atoms with Gasteiger partial charge in [-0.15, -0.1) is 11.3 Å². The lowest BCUT2D eigenvalue weighted by Crippen LogP contribution is -2.24. The van der Waals surface area contributed by atoms with Crippen LogP contribution in [0.25, 0.3) is 0 Å². The molecule has 0 aliphatic heterocycles. The van der Waals surface area contributed by atoms with E-state index in [2.05, 4.69) is 34.4 Å². The van der Waals surface area contributed by atoms with Gasteiger partial charge in [-0.1, -0.05) is 13.3 Å². The number of methoxy groups -OCH3 is 1. The molecule has 0 saturated heterocycles. The lowest BCUT2D eigenvalue weighted by Gasteiger charge is -2.19. The van der Waals surface area contributed by atoms with Crippen LogP contribution in [0.5, 0.6) is 0 Å². The largest absolute Gasteiger partial charge is 0.383 e. The number of nitrogens with zero attached hydrogens (tertiary/aromatic N) is 2. The number of hydrogen-bond donors (Lipinski definition) is 1. The van der Waals surface area contributed by atoms with Gasteiger partial charge in [0.15, 0.2) is 5.13 Å². The maximum Gasteiger partial charge on any atom is 0.185 e. The molecule has 4 nitrogen and oxygen atoms in total. The second-order valence-electron chi connectivity index (χ2n) is 4.22. The third-order valence-electron chi connectivity index (χ3n) is 2.76. The molecule has 0 unspecified atom stereocenters. The van der Waals surface area contributed by atoms with Gasteiger partial charge in [0.2, 0.25) is 0 Å². The van der Waals surface area contributed by atoms with Crippen molar-refractivity contribution in [3.8, 4) is 0 Å².